The monoisotopic (exact) mass is 379 g/mol. The number of anilines is 2. The van der Waals surface area contributed by atoms with Gasteiger partial charge in [0.05, 0.1) is 0 Å². The van der Waals surface area contributed by atoms with Crippen molar-refractivity contribution in [2.75, 3.05) is 43.8 Å². The average molecular weight is 380 g/mol. The van der Waals surface area contributed by atoms with Gasteiger partial charge in [-0.1, -0.05) is 37.6 Å². The lowest BCUT2D eigenvalue weighted by molar-refractivity contribution is 0.305. The molecular formula is C23H33N5. The summed E-state index contributed by atoms with van der Waals surface area (Å²) >= 11 is 0. The average Bonchev–Trinajstić information content (AvgIpc) is 3.25. The van der Waals surface area contributed by atoms with E-state index in [9.17, 15) is 0 Å². The Morgan fingerprint density at radius 2 is 1.82 bits per heavy atom. The molecule has 3 heterocycles. The Labute approximate surface area is 168 Å². The maximum Gasteiger partial charge on any atom is 0.125 e. The Hall–Kier alpha value is -2.11. The molecule has 2 aromatic rings. The van der Waals surface area contributed by atoms with Crippen molar-refractivity contribution in [3.05, 3.63) is 53.2 Å². The van der Waals surface area contributed by atoms with Gasteiger partial charge in [-0.25, -0.2) is 4.98 Å². The van der Waals surface area contributed by atoms with Gasteiger partial charge in [0.15, 0.2) is 0 Å². The fourth-order valence-electron chi connectivity index (χ4n) is 4.52. The largest absolute Gasteiger partial charge is 0.385 e. The van der Waals surface area contributed by atoms with Gasteiger partial charge in [0.1, 0.15) is 5.82 Å². The maximum atomic E-state index is 6.01. The molecule has 0 bridgehead atoms. The first kappa shape index (κ1) is 19.2. The molecule has 0 saturated carbocycles. The van der Waals surface area contributed by atoms with Gasteiger partial charge in [-0.2, -0.15) is 0 Å². The lowest BCUT2D eigenvalue weighted by Gasteiger charge is -2.17. The van der Waals surface area contributed by atoms with Gasteiger partial charge in [0.2, 0.25) is 0 Å². The van der Waals surface area contributed by atoms with Crippen LogP contribution in [0.25, 0.3) is 0 Å². The second kappa shape index (κ2) is 8.93. The number of nitrogens with zero attached hydrogens (tertiary/aromatic N) is 2. The van der Waals surface area contributed by atoms with Crippen LogP contribution < -0.4 is 16.4 Å². The van der Waals surface area contributed by atoms with Crippen molar-refractivity contribution in [1.82, 2.24) is 15.2 Å². The number of benzene rings is 1. The van der Waals surface area contributed by atoms with E-state index < -0.39 is 0 Å². The van der Waals surface area contributed by atoms with Gasteiger partial charge in [-0.3, -0.25) is 4.90 Å². The number of nitrogen functional groups attached to an aromatic ring is 1. The normalized spacial score (nSPS) is 21.8. The molecule has 1 aromatic heterocycles. The smallest absolute Gasteiger partial charge is 0.125 e. The first-order valence-corrected chi connectivity index (χ1v) is 10.7. The third-order valence-electron chi connectivity index (χ3n) is 6.04. The maximum absolute atomic E-state index is 6.01. The lowest BCUT2D eigenvalue weighted by Crippen LogP contribution is -2.25. The summed E-state index contributed by atoms with van der Waals surface area (Å²) in [6.07, 6.45) is 3.16. The summed E-state index contributed by atoms with van der Waals surface area (Å²) in [4.78, 5) is 7.13. The Morgan fingerprint density at radius 1 is 1.11 bits per heavy atom. The van der Waals surface area contributed by atoms with E-state index >= 15 is 0 Å². The highest BCUT2D eigenvalue weighted by molar-refractivity contribution is 5.52. The molecule has 0 aliphatic carbocycles. The zero-order chi connectivity index (χ0) is 19.3. The molecule has 2 atom stereocenters. The van der Waals surface area contributed by atoms with Crippen LogP contribution >= 0.6 is 0 Å². The molecule has 0 spiro atoms. The van der Waals surface area contributed by atoms with E-state index in [1.807, 2.05) is 6.07 Å². The van der Waals surface area contributed by atoms with E-state index in [0.29, 0.717) is 5.82 Å². The SMILES string of the molecule is CCCCNc1cc(N)nc(Cc2ccc(CN3CC4CNCC4C3)cc2)c1. The molecule has 4 N–H and O–H groups in total. The summed E-state index contributed by atoms with van der Waals surface area (Å²) in [6, 6.07) is 13.1. The number of hydrogen-bond donors (Lipinski definition) is 3. The van der Waals surface area contributed by atoms with E-state index in [0.717, 1.165) is 49.1 Å². The van der Waals surface area contributed by atoms with Crippen LogP contribution in [0.1, 0.15) is 36.6 Å². The Morgan fingerprint density at radius 3 is 2.54 bits per heavy atom. The van der Waals surface area contributed by atoms with Gasteiger partial charge >= 0.3 is 0 Å². The lowest BCUT2D eigenvalue weighted by atomic mass is 10.0. The summed E-state index contributed by atoms with van der Waals surface area (Å²) in [5.41, 5.74) is 10.8. The number of nitrogens with one attached hydrogen (secondary N) is 2. The molecule has 150 valence electrons. The second-order valence-electron chi connectivity index (χ2n) is 8.42. The van der Waals surface area contributed by atoms with Crippen molar-refractivity contribution in [2.24, 2.45) is 11.8 Å². The van der Waals surface area contributed by atoms with E-state index in [-0.39, 0.29) is 0 Å². The van der Waals surface area contributed by atoms with Gasteiger partial charge in [-0.05, 0) is 48.5 Å². The third-order valence-corrected chi connectivity index (χ3v) is 6.04. The van der Waals surface area contributed by atoms with E-state index in [1.54, 1.807) is 0 Å². The number of hydrogen-bond acceptors (Lipinski definition) is 5. The number of aromatic nitrogens is 1. The molecule has 4 rings (SSSR count). The molecule has 0 radical (unpaired) electrons. The number of pyridine rings is 1. The van der Waals surface area contributed by atoms with E-state index in [4.69, 9.17) is 5.73 Å². The number of unbranched alkanes of at least 4 members (excludes halogenated alkanes) is 1. The van der Waals surface area contributed by atoms with Crippen molar-refractivity contribution in [3.8, 4) is 0 Å². The number of nitrogens with two attached hydrogens (primary N) is 1. The molecule has 1 aromatic carbocycles. The molecular weight excluding hydrogens is 346 g/mol. The van der Waals surface area contributed by atoms with Crippen LogP contribution in [0.3, 0.4) is 0 Å². The third kappa shape index (κ3) is 4.83. The minimum atomic E-state index is 0.585. The van der Waals surface area contributed by atoms with Crippen LogP contribution in [0.5, 0.6) is 0 Å². The second-order valence-corrected chi connectivity index (χ2v) is 8.42. The highest BCUT2D eigenvalue weighted by Gasteiger charge is 2.35. The molecule has 0 amide bonds. The van der Waals surface area contributed by atoms with Gasteiger partial charge < -0.3 is 16.4 Å². The van der Waals surface area contributed by atoms with Crippen molar-refractivity contribution in [2.45, 2.75) is 32.7 Å². The summed E-state index contributed by atoms with van der Waals surface area (Å²) in [6.45, 7) is 9.11. The summed E-state index contributed by atoms with van der Waals surface area (Å²) in [5, 5.41) is 6.96. The molecule has 5 heteroatoms. The summed E-state index contributed by atoms with van der Waals surface area (Å²) in [5.74, 6) is 2.30. The van der Waals surface area contributed by atoms with Crippen LogP contribution in [0.15, 0.2) is 36.4 Å². The van der Waals surface area contributed by atoms with Crippen molar-refractivity contribution in [3.63, 3.8) is 0 Å². The number of fused-ring (bicyclic) bond motifs is 1. The van der Waals surface area contributed by atoms with Crippen LogP contribution in [-0.2, 0) is 13.0 Å². The number of rotatable bonds is 8. The highest BCUT2D eigenvalue weighted by Crippen LogP contribution is 2.27. The molecule has 28 heavy (non-hydrogen) atoms. The van der Waals surface area contributed by atoms with E-state index in [1.165, 1.54) is 43.7 Å². The van der Waals surface area contributed by atoms with Crippen molar-refractivity contribution < 1.29 is 0 Å². The fourth-order valence-corrected chi connectivity index (χ4v) is 4.52. The predicted molar refractivity (Wildman–Crippen MR) is 116 cm³/mol. The van der Waals surface area contributed by atoms with Crippen molar-refractivity contribution >= 4 is 11.5 Å². The Bertz CT molecular complexity index is 761. The summed E-state index contributed by atoms with van der Waals surface area (Å²) < 4.78 is 0. The highest BCUT2D eigenvalue weighted by atomic mass is 15.2. The van der Waals surface area contributed by atoms with Gasteiger partial charge in [0.25, 0.3) is 0 Å². The van der Waals surface area contributed by atoms with Gasteiger partial charge in [0, 0.05) is 50.0 Å². The standard InChI is InChI=1S/C23H33N5/c1-2-3-8-26-21-10-22(27-23(24)11-21)9-17-4-6-18(7-5-17)14-28-15-19-12-25-13-20(19)16-28/h4-7,10-11,19-20,25H,2-3,8-9,12-16H2,1H3,(H3,24,26,27). The Kier molecular flexibility index (Phi) is 6.13. The quantitative estimate of drug-likeness (QED) is 0.615. The molecule has 2 fully saturated rings. The summed E-state index contributed by atoms with van der Waals surface area (Å²) in [7, 11) is 0. The first-order valence-electron chi connectivity index (χ1n) is 10.7. The topological polar surface area (TPSA) is 66.2 Å². The van der Waals surface area contributed by atoms with Crippen LogP contribution in [0, 0.1) is 11.8 Å². The zero-order valence-corrected chi connectivity index (χ0v) is 17.0. The molecule has 2 aliphatic rings. The minimum absolute atomic E-state index is 0.585. The van der Waals surface area contributed by atoms with Crippen LogP contribution in [0.2, 0.25) is 0 Å². The predicted octanol–water partition coefficient (Wildman–Crippen LogP) is 3.12. The van der Waals surface area contributed by atoms with Crippen LogP contribution in [-0.4, -0.2) is 42.6 Å². The molecule has 2 aliphatic heterocycles. The van der Waals surface area contributed by atoms with E-state index in [2.05, 4.69) is 57.8 Å². The van der Waals surface area contributed by atoms with Crippen LogP contribution in [0.4, 0.5) is 11.5 Å². The minimum Gasteiger partial charge on any atom is -0.385 e. The zero-order valence-electron chi connectivity index (χ0n) is 17.0. The van der Waals surface area contributed by atoms with Gasteiger partial charge in [-0.15, -0.1) is 0 Å². The number of likely N-dealkylation sites (tertiary alicyclic amines) is 1. The first-order chi connectivity index (χ1) is 13.7. The Balaban J connectivity index is 1.34. The molecule has 2 unspecified atom stereocenters. The molecule has 2 saturated heterocycles. The van der Waals surface area contributed by atoms with Crippen molar-refractivity contribution in [1.29, 1.82) is 0 Å². The molecule has 5 nitrogen and oxygen atoms in total. The fraction of sp³-hybridized carbons (Fsp3) is 0.522.